The summed E-state index contributed by atoms with van der Waals surface area (Å²) in [6, 6.07) is 9.21. The summed E-state index contributed by atoms with van der Waals surface area (Å²) in [5.41, 5.74) is 11.4. The van der Waals surface area contributed by atoms with Crippen molar-refractivity contribution in [1.82, 2.24) is 9.97 Å². The van der Waals surface area contributed by atoms with Gasteiger partial charge in [-0.1, -0.05) is 18.2 Å². The van der Waals surface area contributed by atoms with Gasteiger partial charge >= 0.3 is 6.18 Å². The zero-order valence-electron chi connectivity index (χ0n) is 13.4. The van der Waals surface area contributed by atoms with Crippen LogP contribution in [0.15, 0.2) is 42.5 Å². The van der Waals surface area contributed by atoms with Crippen molar-refractivity contribution in [2.24, 2.45) is 0 Å². The molecule has 0 amide bonds. The van der Waals surface area contributed by atoms with Crippen LogP contribution in [0.2, 0.25) is 0 Å². The number of fused-ring (bicyclic) bond motifs is 1. The highest BCUT2D eigenvalue weighted by Gasteiger charge is 2.30. The molecule has 5 N–H and O–H groups in total. The molecule has 6 nitrogen and oxygen atoms in total. The highest BCUT2D eigenvalue weighted by Crippen LogP contribution is 2.31. The van der Waals surface area contributed by atoms with Gasteiger partial charge in [0.15, 0.2) is 0 Å². The first kappa shape index (κ1) is 17.7. The van der Waals surface area contributed by atoms with Gasteiger partial charge in [-0.25, -0.2) is 4.98 Å². The van der Waals surface area contributed by atoms with Crippen molar-refractivity contribution in [3.8, 4) is 5.75 Å². The third-order valence-electron chi connectivity index (χ3n) is 3.75. The monoisotopic (exact) mass is 364 g/mol. The minimum Gasteiger partial charge on any atom is -0.490 e. The van der Waals surface area contributed by atoms with Crippen molar-refractivity contribution in [1.29, 1.82) is 0 Å². The van der Waals surface area contributed by atoms with Crippen LogP contribution in [-0.4, -0.2) is 21.7 Å². The lowest BCUT2D eigenvalue weighted by atomic mass is 10.1. The number of hydrogen-bond acceptors (Lipinski definition) is 6. The normalized spacial score (nSPS) is 12.9. The predicted molar refractivity (Wildman–Crippen MR) is 90.3 cm³/mol. The van der Waals surface area contributed by atoms with Gasteiger partial charge in [-0.2, -0.15) is 18.2 Å². The molecule has 0 bridgehead atoms. The van der Waals surface area contributed by atoms with E-state index in [1.165, 1.54) is 12.1 Å². The molecule has 2 aromatic carbocycles. The van der Waals surface area contributed by atoms with E-state index in [0.29, 0.717) is 22.2 Å². The standard InChI is InChI=1S/C17H15F3N4O2/c18-17(19,20)10-6-4-9(5-7-10)12(25)8-26-13-3-1-2-11-14(13)15(21)24-16(22)23-11/h1-7,12,25H,8H2,(H4,21,22,23,24). The van der Waals surface area contributed by atoms with Crippen molar-refractivity contribution < 1.29 is 23.0 Å². The second-order valence-electron chi connectivity index (χ2n) is 5.56. The Morgan fingerprint density at radius 3 is 2.38 bits per heavy atom. The molecule has 1 heterocycles. The number of alkyl halides is 3. The topological polar surface area (TPSA) is 107 Å². The molecule has 3 aromatic rings. The molecular formula is C17H15F3N4O2. The van der Waals surface area contributed by atoms with E-state index in [2.05, 4.69) is 9.97 Å². The third kappa shape index (κ3) is 3.62. The molecule has 1 atom stereocenters. The van der Waals surface area contributed by atoms with Crippen molar-refractivity contribution in [2.45, 2.75) is 12.3 Å². The fourth-order valence-corrected chi connectivity index (χ4v) is 2.48. The summed E-state index contributed by atoms with van der Waals surface area (Å²) in [4.78, 5) is 7.93. The van der Waals surface area contributed by atoms with Crippen molar-refractivity contribution in [2.75, 3.05) is 18.1 Å². The fourth-order valence-electron chi connectivity index (χ4n) is 2.48. The summed E-state index contributed by atoms with van der Waals surface area (Å²) in [5, 5.41) is 10.6. The quantitative estimate of drug-likeness (QED) is 0.657. The lowest BCUT2D eigenvalue weighted by molar-refractivity contribution is -0.137. The van der Waals surface area contributed by atoms with E-state index >= 15 is 0 Å². The molecule has 0 radical (unpaired) electrons. The summed E-state index contributed by atoms with van der Waals surface area (Å²) < 4.78 is 43.3. The summed E-state index contributed by atoms with van der Waals surface area (Å²) in [7, 11) is 0. The average molecular weight is 364 g/mol. The number of anilines is 2. The van der Waals surface area contributed by atoms with E-state index in [9.17, 15) is 18.3 Å². The van der Waals surface area contributed by atoms with Crippen LogP contribution in [-0.2, 0) is 6.18 Å². The van der Waals surface area contributed by atoms with E-state index in [4.69, 9.17) is 16.2 Å². The molecule has 1 unspecified atom stereocenters. The predicted octanol–water partition coefficient (Wildman–Crippen LogP) is 2.93. The first-order valence-corrected chi connectivity index (χ1v) is 7.55. The molecule has 0 aliphatic rings. The van der Waals surface area contributed by atoms with E-state index in [1.807, 2.05) is 0 Å². The van der Waals surface area contributed by atoms with Gasteiger partial charge in [-0.3, -0.25) is 0 Å². The van der Waals surface area contributed by atoms with Crippen molar-refractivity contribution in [3.63, 3.8) is 0 Å². The Bertz CT molecular complexity index is 930. The molecule has 0 spiro atoms. The van der Waals surface area contributed by atoms with Gasteiger partial charge in [-0.15, -0.1) is 0 Å². The van der Waals surface area contributed by atoms with E-state index in [-0.39, 0.29) is 18.4 Å². The number of hydrogen-bond donors (Lipinski definition) is 3. The first-order valence-electron chi connectivity index (χ1n) is 7.55. The largest absolute Gasteiger partial charge is 0.490 e. The minimum absolute atomic E-state index is 0.0249. The molecule has 3 rings (SSSR count). The number of nitrogens with zero attached hydrogens (tertiary/aromatic N) is 2. The van der Waals surface area contributed by atoms with Crippen molar-refractivity contribution in [3.05, 3.63) is 53.6 Å². The maximum absolute atomic E-state index is 12.6. The molecule has 26 heavy (non-hydrogen) atoms. The number of benzene rings is 2. The smallest absolute Gasteiger partial charge is 0.416 e. The van der Waals surface area contributed by atoms with Gasteiger partial charge in [0, 0.05) is 0 Å². The summed E-state index contributed by atoms with van der Waals surface area (Å²) >= 11 is 0. The van der Waals surface area contributed by atoms with Gasteiger partial charge in [0.2, 0.25) is 5.95 Å². The molecule has 0 fully saturated rings. The third-order valence-corrected chi connectivity index (χ3v) is 3.75. The number of halogens is 3. The van der Waals surface area contributed by atoms with Crippen LogP contribution in [0.4, 0.5) is 24.9 Å². The second kappa shape index (κ2) is 6.68. The van der Waals surface area contributed by atoms with Gasteiger partial charge < -0.3 is 21.3 Å². The zero-order valence-corrected chi connectivity index (χ0v) is 13.4. The van der Waals surface area contributed by atoms with Crippen LogP contribution in [0.3, 0.4) is 0 Å². The molecular weight excluding hydrogens is 349 g/mol. The SMILES string of the molecule is Nc1nc(N)c2c(OCC(O)c3ccc(C(F)(F)F)cc3)cccc2n1. The molecule has 0 saturated carbocycles. The zero-order chi connectivity index (χ0) is 18.9. The van der Waals surface area contributed by atoms with Gasteiger partial charge in [0.05, 0.1) is 16.5 Å². The lowest BCUT2D eigenvalue weighted by Gasteiger charge is -2.15. The fraction of sp³-hybridized carbons (Fsp3) is 0.176. The lowest BCUT2D eigenvalue weighted by Crippen LogP contribution is -2.11. The van der Waals surface area contributed by atoms with Crippen LogP contribution < -0.4 is 16.2 Å². The van der Waals surface area contributed by atoms with Gasteiger partial charge in [-0.05, 0) is 29.8 Å². The second-order valence-corrected chi connectivity index (χ2v) is 5.56. The van der Waals surface area contributed by atoms with Crippen LogP contribution in [0.5, 0.6) is 5.75 Å². The van der Waals surface area contributed by atoms with Gasteiger partial charge in [0.1, 0.15) is 24.3 Å². The van der Waals surface area contributed by atoms with Crippen molar-refractivity contribution >= 4 is 22.7 Å². The maximum atomic E-state index is 12.6. The number of nitrogens with two attached hydrogens (primary N) is 2. The van der Waals surface area contributed by atoms with E-state index in [1.54, 1.807) is 18.2 Å². The number of aliphatic hydroxyl groups is 1. The minimum atomic E-state index is -4.43. The van der Waals surface area contributed by atoms with E-state index < -0.39 is 17.8 Å². The number of nitrogen functional groups attached to an aromatic ring is 2. The Hall–Kier alpha value is -3.07. The Morgan fingerprint density at radius 2 is 1.73 bits per heavy atom. The number of ether oxygens (including phenoxy) is 1. The molecule has 0 aliphatic carbocycles. The summed E-state index contributed by atoms with van der Waals surface area (Å²) in [5.74, 6) is 0.495. The van der Waals surface area contributed by atoms with E-state index in [0.717, 1.165) is 12.1 Å². The van der Waals surface area contributed by atoms with Crippen LogP contribution >= 0.6 is 0 Å². The Morgan fingerprint density at radius 1 is 1.04 bits per heavy atom. The van der Waals surface area contributed by atoms with Crippen LogP contribution in [0.1, 0.15) is 17.2 Å². The molecule has 0 saturated heterocycles. The Balaban J connectivity index is 1.78. The number of rotatable bonds is 4. The van der Waals surface area contributed by atoms with Gasteiger partial charge in [0.25, 0.3) is 0 Å². The van der Waals surface area contributed by atoms with Crippen LogP contribution in [0, 0.1) is 0 Å². The number of aliphatic hydroxyl groups excluding tert-OH is 1. The Kier molecular flexibility index (Phi) is 4.56. The van der Waals surface area contributed by atoms with Crippen LogP contribution in [0.25, 0.3) is 10.9 Å². The highest BCUT2D eigenvalue weighted by molar-refractivity contribution is 5.94. The first-order chi connectivity index (χ1) is 12.3. The molecule has 1 aromatic heterocycles. The average Bonchev–Trinajstić information content (AvgIpc) is 2.58. The number of aromatic nitrogens is 2. The highest BCUT2D eigenvalue weighted by atomic mass is 19.4. The Labute approximate surface area is 146 Å². The summed E-state index contributed by atoms with van der Waals surface area (Å²) in [6.45, 7) is -0.186. The molecule has 0 aliphatic heterocycles. The molecule has 9 heteroatoms. The molecule has 136 valence electrons. The summed E-state index contributed by atoms with van der Waals surface area (Å²) in [6.07, 6.45) is -5.55. The maximum Gasteiger partial charge on any atom is 0.416 e.